The summed E-state index contributed by atoms with van der Waals surface area (Å²) in [5.74, 6) is 1.11. The maximum atomic E-state index is 12.8. The summed E-state index contributed by atoms with van der Waals surface area (Å²) < 4.78 is 0. The third kappa shape index (κ3) is 4.00. The highest BCUT2D eigenvalue weighted by Gasteiger charge is 2.25. The zero-order valence-electron chi connectivity index (χ0n) is 15.3. The first-order valence-electron chi connectivity index (χ1n) is 10.2. The van der Waals surface area contributed by atoms with Crippen molar-refractivity contribution in [3.8, 4) is 0 Å². The molecule has 1 amide bonds. The van der Waals surface area contributed by atoms with Crippen molar-refractivity contribution in [1.82, 2.24) is 9.80 Å². The Morgan fingerprint density at radius 2 is 1.48 bits per heavy atom. The van der Waals surface area contributed by atoms with Gasteiger partial charge in [-0.15, -0.1) is 0 Å². The van der Waals surface area contributed by atoms with E-state index in [-0.39, 0.29) is 5.91 Å². The van der Waals surface area contributed by atoms with Gasteiger partial charge >= 0.3 is 0 Å². The number of rotatable bonds is 4. The van der Waals surface area contributed by atoms with Crippen LogP contribution < -0.4 is 4.90 Å². The molecule has 1 saturated carbocycles. The van der Waals surface area contributed by atoms with E-state index >= 15 is 0 Å². The van der Waals surface area contributed by atoms with Crippen LogP contribution >= 0.6 is 0 Å². The fraction of sp³-hybridized carbons (Fsp3) is 0.667. The van der Waals surface area contributed by atoms with Crippen LogP contribution in [0.3, 0.4) is 0 Å². The van der Waals surface area contributed by atoms with Crippen molar-refractivity contribution >= 4 is 11.6 Å². The molecule has 0 atom stereocenters. The molecule has 1 aromatic carbocycles. The minimum atomic E-state index is 0.202. The predicted octanol–water partition coefficient (Wildman–Crippen LogP) is 3.23. The first kappa shape index (κ1) is 16.9. The van der Waals surface area contributed by atoms with Crippen LogP contribution in [0.1, 0.15) is 48.9 Å². The first-order valence-corrected chi connectivity index (χ1v) is 10.2. The van der Waals surface area contributed by atoms with Crippen molar-refractivity contribution in [2.24, 2.45) is 5.92 Å². The molecule has 0 bridgehead atoms. The van der Waals surface area contributed by atoms with Gasteiger partial charge in [0.25, 0.3) is 5.91 Å². The highest BCUT2D eigenvalue weighted by molar-refractivity contribution is 5.94. The highest BCUT2D eigenvalue weighted by Crippen LogP contribution is 2.26. The molecule has 3 aliphatic rings. The maximum absolute atomic E-state index is 12.8. The Bertz CT molecular complexity index is 565. The van der Waals surface area contributed by atoms with Crippen molar-refractivity contribution in [2.45, 2.75) is 38.5 Å². The van der Waals surface area contributed by atoms with Gasteiger partial charge in [-0.1, -0.05) is 12.8 Å². The molecule has 3 fully saturated rings. The summed E-state index contributed by atoms with van der Waals surface area (Å²) in [6, 6.07) is 8.27. The summed E-state index contributed by atoms with van der Waals surface area (Å²) in [6.45, 7) is 7.36. The van der Waals surface area contributed by atoms with Crippen LogP contribution in [0, 0.1) is 5.92 Å². The number of carbonyl (C=O) groups is 1. The van der Waals surface area contributed by atoms with Gasteiger partial charge in [-0.3, -0.25) is 9.69 Å². The first-order chi connectivity index (χ1) is 12.3. The van der Waals surface area contributed by atoms with Crippen molar-refractivity contribution in [2.75, 3.05) is 50.7 Å². The second-order valence-electron chi connectivity index (χ2n) is 7.98. The maximum Gasteiger partial charge on any atom is 0.253 e. The van der Waals surface area contributed by atoms with Crippen LogP contribution in [0.4, 0.5) is 5.69 Å². The largest absolute Gasteiger partial charge is 0.372 e. The Morgan fingerprint density at radius 1 is 0.840 bits per heavy atom. The minimum Gasteiger partial charge on any atom is -0.372 e. The van der Waals surface area contributed by atoms with Crippen LogP contribution in [0.5, 0.6) is 0 Å². The predicted molar refractivity (Wildman–Crippen MR) is 102 cm³/mol. The summed E-state index contributed by atoms with van der Waals surface area (Å²) in [7, 11) is 0. The van der Waals surface area contributed by atoms with E-state index in [0.717, 1.165) is 50.7 Å². The second kappa shape index (κ2) is 7.77. The molecule has 0 unspecified atom stereocenters. The number of anilines is 1. The molecule has 136 valence electrons. The van der Waals surface area contributed by atoms with Gasteiger partial charge in [0.05, 0.1) is 0 Å². The highest BCUT2D eigenvalue weighted by atomic mass is 16.2. The Hall–Kier alpha value is -1.55. The van der Waals surface area contributed by atoms with Gasteiger partial charge < -0.3 is 9.80 Å². The van der Waals surface area contributed by atoms with Gasteiger partial charge in [-0.25, -0.2) is 0 Å². The monoisotopic (exact) mass is 341 g/mol. The Labute approximate surface area is 151 Å². The van der Waals surface area contributed by atoms with Gasteiger partial charge in [-0.2, -0.15) is 0 Å². The average molecular weight is 341 g/mol. The molecule has 2 aliphatic heterocycles. The summed E-state index contributed by atoms with van der Waals surface area (Å²) >= 11 is 0. The average Bonchev–Trinajstić information content (AvgIpc) is 3.36. The van der Waals surface area contributed by atoms with Crippen LogP contribution in [-0.4, -0.2) is 61.5 Å². The van der Waals surface area contributed by atoms with Crippen molar-refractivity contribution < 1.29 is 4.79 Å². The Balaban J connectivity index is 1.29. The second-order valence-corrected chi connectivity index (χ2v) is 7.98. The lowest BCUT2D eigenvalue weighted by Crippen LogP contribution is -2.49. The number of benzene rings is 1. The fourth-order valence-electron chi connectivity index (χ4n) is 4.66. The number of piperazine rings is 1. The molecule has 2 heterocycles. The molecule has 1 aliphatic carbocycles. The van der Waals surface area contributed by atoms with Crippen LogP contribution in [0.25, 0.3) is 0 Å². The molecular formula is C21H31N3O. The normalized spacial score (nSPS) is 22.7. The van der Waals surface area contributed by atoms with Crippen LogP contribution in [0.2, 0.25) is 0 Å². The van der Waals surface area contributed by atoms with E-state index in [9.17, 15) is 4.79 Å². The van der Waals surface area contributed by atoms with Crippen molar-refractivity contribution in [1.29, 1.82) is 0 Å². The molecule has 0 aromatic heterocycles. The molecule has 0 N–H and O–H groups in total. The zero-order valence-corrected chi connectivity index (χ0v) is 15.3. The molecule has 2 saturated heterocycles. The third-order valence-corrected chi connectivity index (χ3v) is 6.24. The Morgan fingerprint density at radius 3 is 2.12 bits per heavy atom. The molecule has 4 rings (SSSR count). The number of amides is 1. The van der Waals surface area contributed by atoms with E-state index in [1.54, 1.807) is 0 Å². The van der Waals surface area contributed by atoms with Gasteiger partial charge in [0.15, 0.2) is 0 Å². The van der Waals surface area contributed by atoms with E-state index in [1.165, 1.54) is 50.8 Å². The molecule has 25 heavy (non-hydrogen) atoms. The number of hydrogen-bond donors (Lipinski definition) is 0. The van der Waals surface area contributed by atoms with E-state index in [0.29, 0.717) is 0 Å². The molecule has 1 aromatic rings. The molecule has 4 heteroatoms. The van der Waals surface area contributed by atoms with E-state index in [4.69, 9.17) is 0 Å². The summed E-state index contributed by atoms with van der Waals surface area (Å²) in [6.07, 6.45) is 8.20. The quantitative estimate of drug-likeness (QED) is 0.841. The summed E-state index contributed by atoms with van der Waals surface area (Å²) in [5, 5.41) is 0. The van der Waals surface area contributed by atoms with Crippen LogP contribution in [0.15, 0.2) is 24.3 Å². The van der Waals surface area contributed by atoms with E-state index in [1.807, 2.05) is 17.0 Å². The smallest absolute Gasteiger partial charge is 0.253 e. The molecule has 0 radical (unpaired) electrons. The number of carbonyl (C=O) groups excluding carboxylic acids is 1. The number of hydrogen-bond acceptors (Lipinski definition) is 3. The molecule has 0 spiro atoms. The molecular weight excluding hydrogens is 310 g/mol. The van der Waals surface area contributed by atoms with E-state index < -0.39 is 0 Å². The topological polar surface area (TPSA) is 26.8 Å². The zero-order chi connectivity index (χ0) is 17.1. The van der Waals surface area contributed by atoms with Crippen LogP contribution in [-0.2, 0) is 0 Å². The summed E-state index contributed by atoms with van der Waals surface area (Å²) in [5.41, 5.74) is 2.10. The standard InChI is InChI=1S/C21H31N3O/c25-21(19-7-9-20(10-8-19)23-11-3-4-12-23)24-15-13-22(14-16-24)17-18-5-1-2-6-18/h7-10,18H,1-6,11-17H2. The lowest BCUT2D eigenvalue weighted by atomic mass is 10.1. The van der Waals surface area contributed by atoms with Gasteiger partial charge in [-0.05, 0) is 55.9 Å². The third-order valence-electron chi connectivity index (χ3n) is 6.24. The number of nitrogens with zero attached hydrogens (tertiary/aromatic N) is 3. The van der Waals surface area contributed by atoms with E-state index in [2.05, 4.69) is 21.9 Å². The van der Waals surface area contributed by atoms with Gasteiger partial charge in [0.1, 0.15) is 0 Å². The van der Waals surface area contributed by atoms with Gasteiger partial charge in [0.2, 0.25) is 0 Å². The van der Waals surface area contributed by atoms with Crippen molar-refractivity contribution in [3.63, 3.8) is 0 Å². The van der Waals surface area contributed by atoms with Gasteiger partial charge in [0, 0.05) is 57.1 Å². The minimum absolute atomic E-state index is 0.202. The molecule has 4 nitrogen and oxygen atoms in total. The lowest BCUT2D eigenvalue weighted by molar-refractivity contribution is 0.0618. The lowest BCUT2D eigenvalue weighted by Gasteiger charge is -2.36. The summed E-state index contributed by atoms with van der Waals surface area (Å²) in [4.78, 5) is 19.8. The SMILES string of the molecule is O=C(c1ccc(N2CCCC2)cc1)N1CCN(CC2CCCC2)CC1. The Kier molecular flexibility index (Phi) is 5.25. The van der Waals surface area contributed by atoms with Crippen molar-refractivity contribution in [3.05, 3.63) is 29.8 Å². The fourth-order valence-corrected chi connectivity index (χ4v) is 4.66.